The van der Waals surface area contributed by atoms with Crippen molar-refractivity contribution < 1.29 is 30.8 Å². The molecule has 1 saturated heterocycles. The molecule has 0 N–H and O–H groups in total. The molecular formula is C28H24F3NO4S2. The Morgan fingerprint density at radius 1 is 0.974 bits per heavy atom. The summed E-state index contributed by atoms with van der Waals surface area (Å²) in [6.45, 7) is 0.259. The van der Waals surface area contributed by atoms with Crippen LogP contribution >= 0.6 is 11.8 Å². The highest BCUT2D eigenvalue weighted by molar-refractivity contribution is 7.99. The number of carbonyl (C=O) groups excluding carboxylic acids is 1. The van der Waals surface area contributed by atoms with Gasteiger partial charge in [-0.2, -0.15) is 17.5 Å². The number of aryl methyl sites for hydroxylation is 1. The number of rotatable bonds is 8. The molecule has 1 aliphatic rings. The minimum absolute atomic E-state index is 0.150. The lowest BCUT2D eigenvalue weighted by Gasteiger charge is -2.21. The van der Waals surface area contributed by atoms with Gasteiger partial charge < -0.3 is 4.42 Å². The van der Waals surface area contributed by atoms with Crippen molar-refractivity contribution in [1.29, 1.82) is 0 Å². The number of hydrogen-bond acceptors (Lipinski definition) is 5. The quantitative estimate of drug-likeness (QED) is 0.234. The van der Waals surface area contributed by atoms with Crippen LogP contribution in [0.25, 0.3) is 11.0 Å². The summed E-state index contributed by atoms with van der Waals surface area (Å²) >= 11 is 1.33. The highest BCUT2D eigenvalue weighted by Gasteiger charge is 2.40. The van der Waals surface area contributed by atoms with Gasteiger partial charge in [0.25, 0.3) is 10.0 Å². The van der Waals surface area contributed by atoms with E-state index in [0.717, 1.165) is 22.6 Å². The van der Waals surface area contributed by atoms with Gasteiger partial charge in [0, 0.05) is 34.2 Å². The molecule has 1 atom stereocenters. The Labute approximate surface area is 222 Å². The number of nitrogens with zero attached hydrogens (tertiary/aromatic N) is 1. The number of furan rings is 1. The van der Waals surface area contributed by atoms with E-state index < -0.39 is 27.8 Å². The number of sulfonamides is 1. The molecule has 4 aromatic rings. The predicted molar refractivity (Wildman–Crippen MR) is 138 cm³/mol. The Bertz CT molecular complexity index is 1530. The lowest BCUT2D eigenvalue weighted by molar-refractivity contribution is -0.137. The predicted octanol–water partition coefficient (Wildman–Crippen LogP) is 6.96. The van der Waals surface area contributed by atoms with Crippen LogP contribution in [-0.4, -0.2) is 31.1 Å². The second kappa shape index (κ2) is 10.6. The molecule has 198 valence electrons. The van der Waals surface area contributed by atoms with E-state index in [1.807, 2.05) is 24.3 Å². The summed E-state index contributed by atoms with van der Waals surface area (Å²) in [7, 11) is -3.96. The van der Waals surface area contributed by atoms with E-state index in [0.29, 0.717) is 35.1 Å². The van der Waals surface area contributed by atoms with Crippen molar-refractivity contribution in [1.82, 2.24) is 4.31 Å². The smallest absolute Gasteiger partial charge is 0.416 e. The highest BCUT2D eigenvalue weighted by Crippen LogP contribution is 2.34. The third-order valence-corrected chi connectivity index (χ3v) is 9.28. The monoisotopic (exact) mass is 559 g/mol. The summed E-state index contributed by atoms with van der Waals surface area (Å²) < 4.78 is 71.9. The van der Waals surface area contributed by atoms with E-state index in [1.54, 1.807) is 24.3 Å². The lowest BCUT2D eigenvalue weighted by Crippen LogP contribution is -2.40. The summed E-state index contributed by atoms with van der Waals surface area (Å²) in [4.78, 5) is 14.6. The van der Waals surface area contributed by atoms with Gasteiger partial charge in [-0.05, 0) is 67.3 Å². The van der Waals surface area contributed by atoms with Gasteiger partial charge in [-0.15, -0.1) is 0 Å². The number of ketones is 1. The SMILES string of the molecule is O=C(CCc1cccc(Sc2ccc(C(F)(F)F)cc2)c1)[C@@H]1CCCN1S(=O)(=O)c1cc2ccccc2o1. The van der Waals surface area contributed by atoms with Gasteiger partial charge in [-0.3, -0.25) is 4.79 Å². The normalized spacial score (nSPS) is 16.8. The van der Waals surface area contributed by atoms with Crippen molar-refractivity contribution in [3.8, 4) is 0 Å². The largest absolute Gasteiger partial charge is 0.443 e. The fraction of sp³-hybridized carbons (Fsp3) is 0.250. The molecule has 0 spiro atoms. The number of carbonyl (C=O) groups is 1. The Hall–Kier alpha value is -3.08. The number of halogens is 3. The van der Waals surface area contributed by atoms with Gasteiger partial charge in [0.1, 0.15) is 5.58 Å². The Kier molecular flexibility index (Phi) is 7.39. The van der Waals surface area contributed by atoms with E-state index in [4.69, 9.17) is 4.42 Å². The number of benzene rings is 3. The fourth-order valence-electron chi connectivity index (χ4n) is 4.60. The molecule has 5 rings (SSSR count). The van der Waals surface area contributed by atoms with Crippen LogP contribution in [0.15, 0.2) is 98.2 Å². The number of hydrogen-bond donors (Lipinski definition) is 0. The Morgan fingerprint density at radius 3 is 2.47 bits per heavy atom. The van der Waals surface area contributed by atoms with E-state index in [1.165, 1.54) is 34.3 Å². The lowest BCUT2D eigenvalue weighted by atomic mass is 10.0. The standard InChI is InChI=1S/C28H24F3NO4S2/c29-28(30,31)21-11-13-22(14-12-21)37-23-7-3-5-19(17-23)10-15-25(33)24-8-4-16-32(24)38(34,35)27-18-20-6-1-2-9-26(20)36-27/h1-3,5-7,9,11-14,17-18,24H,4,8,10,15-16H2/t24-/m0/s1. The van der Waals surface area contributed by atoms with Crippen molar-refractivity contribution in [3.63, 3.8) is 0 Å². The summed E-state index contributed by atoms with van der Waals surface area (Å²) in [5.74, 6) is -0.150. The Morgan fingerprint density at radius 2 is 1.74 bits per heavy atom. The summed E-state index contributed by atoms with van der Waals surface area (Å²) in [6, 6.07) is 20.2. The van der Waals surface area contributed by atoms with Gasteiger partial charge in [0.15, 0.2) is 5.78 Å². The number of alkyl halides is 3. The topological polar surface area (TPSA) is 67.6 Å². The van der Waals surface area contributed by atoms with Crippen LogP contribution < -0.4 is 0 Å². The van der Waals surface area contributed by atoms with Gasteiger partial charge in [-0.25, -0.2) is 8.42 Å². The fourth-order valence-corrected chi connectivity index (χ4v) is 7.13. The molecule has 10 heteroatoms. The minimum atomic E-state index is -4.38. The molecule has 38 heavy (non-hydrogen) atoms. The molecule has 5 nitrogen and oxygen atoms in total. The molecule has 1 aliphatic heterocycles. The molecule has 1 fully saturated rings. The van der Waals surface area contributed by atoms with Crippen LogP contribution in [0.4, 0.5) is 13.2 Å². The molecule has 2 heterocycles. The number of fused-ring (bicyclic) bond motifs is 1. The molecule has 0 unspecified atom stereocenters. The first kappa shape index (κ1) is 26.5. The van der Waals surface area contributed by atoms with Crippen molar-refractivity contribution in [2.45, 2.75) is 52.8 Å². The molecule has 0 radical (unpaired) electrons. The van der Waals surface area contributed by atoms with Crippen molar-refractivity contribution in [3.05, 3.63) is 90.0 Å². The molecule has 0 bridgehead atoms. The van der Waals surface area contributed by atoms with E-state index in [9.17, 15) is 26.4 Å². The third kappa shape index (κ3) is 5.67. The minimum Gasteiger partial charge on any atom is -0.443 e. The van der Waals surface area contributed by atoms with Crippen LogP contribution in [0.3, 0.4) is 0 Å². The molecule has 1 aromatic heterocycles. The zero-order valence-electron chi connectivity index (χ0n) is 20.1. The maximum absolute atomic E-state index is 13.3. The van der Waals surface area contributed by atoms with Crippen LogP contribution in [-0.2, 0) is 27.4 Å². The van der Waals surface area contributed by atoms with Crippen LogP contribution in [0.5, 0.6) is 0 Å². The Balaban J connectivity index is 1.24. The van der Waals surface area contributed by atoms with Gasteiger partial charge in [0.2, 0.25) is 5.09 Å². The van der Waals surface area contributed by atoms with E-state index in [2.05, 4.69) is 0 Å². The first-order valence-electron chi connectivity index (χ1n) is 12.1. The van der Waals surface area contributed by atoms with Crippen molar-refractivity contribution in [2.24, 2.45) is 0 Å². The molecule has 3 aromatic carbocycles. The molecule has 0 saturated carbocycles. The van der Waals surface area contributed by atoms with Crippen LogP contribution in [0.1, 0.15) is 30.4 Å². The van der Waals surface area contributed by atoms with Gasteiger partial charge >= 0.3 is 6.18 Å². The van der Waals surface area contributed by atoms with Crippen molar-refractivity contribution >= 4 is 38.5 Å². The first-order chi connectivity index (χ1) is 18.1. The van der Waals surface area contributed by atoms with E-state index >= 15 is 0 Å². The maximum Gasteiger partial charge on any atom is 0.416 e. The van der Waals surface area contributed by atoms with Crippen LogP contribution in [0.2, 0.25) is 0 Å². The second-order valence-corrected chi connectivity index (χ2v) is 12.1. The maximum atomic E-state index is 13.3. The summed E-state index contributed by atoms with van der Waals surface area (Å²) in [5, 5.41) is 0.522. The van der Waals surface area contributed by atoms with Crippen LogP contribution in [0, 0.1) is 0 Å². The third-order valence-electron chi connectivity index (χ3n) is 6.52. The van der Waals surface area contributed by atoms with Gasteiger partial charge in [0.05, 0.1) is 11.6 Å². The van der Waals surface area contributed by atoms with Crippen molar-refractivity contribution in [2.75, 3.05) is 6.54 Å². The average molecular weight is 560 g/mol. The van der Waals surface area contributed by atoms with Gasteiger partial charge in [-0.1, -0.05) is 42.1 Å². The molecule has 0 aliphatic carbocycles. The molecule has 0 amide bonds. The summed E-state index contributed by atoms with van der Waals surface area (Å²) in [6.07, 6.45) is -2.73. The second-order valence-electron chi connectivity index (χ2n) is 9.11. The zero-order chi connectivity index (χ0) is 26.9. The highest BCUT2D eigenvalue weighted by atomic mass is 32.2. The summed E-state index contributed by atoms with van der Waals surface area (Å²) in [5.41, 5.74) is 0.666. The van der Waals surface area contributed by atoms with E-state index in [-0.39, 0.29) is 23.8 Å². The number of para-hydroxylation sites is 1. The number of Topliss-reactive ketones (excluding diaryl/α,β-unsaturated/α-hetero) is 1. The zero-order valence-corrected chi connectivity index (χ0v) is 21.8. The molecular weight excluding hydrogens is 535 g/mol. The first-order valence-corrected chi connectivity index (χ1v) is 14.3. The average Bonchev–Trinajstić information content (AvgIpc) is 3.56.